The van der Waals surface area contributed by atoms with E-state index in [1.807, 2.05) is 34.6 Å². The highest BCUT2D eigenvalue weighted by atomic mass is 35.5. The summed E-state index contributed by atoms with van der Waals surface area (Å²) in [5, 5.41) is 5.70. The third-order valence-electron chi connectivity index (χ3n) is 2.82. The number of hydrogen-bond donors (Lipinski definition) is 2. The van der Waals surface area contributed by atoms with Crippen molar-refractivity contribution in [2.24, 2.45) is 0 Å². The van der Waals surface area contributed by atoms with Crippen molar-refractivity contribution in [2.45, 2.75) is 59.6 Å². The molecule has 1 aromatic heterocycles. The lowest BCUT2D eigenvalue weighted by molar-refractivity contribution is -0.0969. The average Bonchev–Trinajstić information content (AvgIpc) is 2.52. The van der Waals surface area contributed by atoms with Gasteiger partial charge in [0.05, 0.1) is 5.56 Å². The zero-order chi connectivity index (χ0) is 20.4. The van der Waals surface area contributed by atoms with E-state index in [0.29, 0.717) is 24.6 Å². The molecule has 0 spiro atoms. The maximum atomic E-state index is 11.9. The van der Waals surface area contributed by atoms with Crippen LogP contribution < -0.4 is 10.6 Å². The van der Waals surface area contributed by atoms with Gasteiger partial charge in [0, 0.05) is 24.9 Å². The van der Waals surface area contributed by atoms with Crippen LogP contribution in [0.2, 0.25) is 5.28 Å². The van der Waals surface area contributed by atoms with Crippen LogP contribution in [0, 0.1) is 11.8 Å². The van der Waals surface area contributed by atoms with Crippen LogP contribution in [0.4, 0.5) is 10.6 Å². The summed E-state index contributed by atoms with van der Waals surface area (Å²) in [6, 6.07) is 0. The summed E-state index contributed by atoms with van der Waals surface area (Å²) in [6.07, 6.45) is -0.409. The molecule has 9 heteroatoms. The second-order valence-electron chi connectivity index (χ2n) is 6.48. The molecule has 1 atom stereocenters. The first-order valence-electron chi connectivity index (χ1n) is 8.67. The summed E-state index contributed by atoms with van der Waals surface area (Å²) >= 11 is 5.88. The Labute approximate surface area is 165 Å². The minimum atomic E-state index is -0.673. The highest BCUT2D eigenvalue weighted by Gasteiger charge is 2.18. The minimum Gasteiger partial charge on any atom is -0.426 e. The van der Waals surface area contributed by atoms with E-state index in [0.717, 1.165) is 0 Å². The Kier molecular flexibility index (Phi) is 9.29. The standard InChI is InChI=1S/C18H27ClN4O4/c1-7-25-14(26-8-2)10-9-13-11-20-16(19)22-15(13)21-12(3)27-17(24)23-18(4,5)6/h11-12,14H,7-8H2,1-6H3,(H,23,24)(H,20,21,22). The number of nitrogens with one attached hydrogen (secondary N) is 2. The Morgan fingerprint density at radius 3 is 2.48 bits per heavy atom. The van der Waals surface area contributed by atoms with Crippen LogP contribution in [0.15, 0.2) is 6.20 Å². The molecule has 8 nitrogen and oxygen atoms in total. The van der Waals surface area contributed by atoms with Gasteiger partial charge < -0.3 is 24.8 Å². The molecule has 1 aromatic rings. The van der Waals surface area contributed by atoms with E-state index in [1.165, 1.54) is 6.20 Å². The summed E-state index contributed by atoms with van der Waals surface area (Å²) in [6.45, 7) is 11.9. The summed E-state index contributed by atoms with van der Waals surface area (Å²) in [7, 11) is 0. The van der Waals surface area contributed by atoms with Crippen molar-refractivity contribution in [1.29, 1.82) is 0 Å². The van der Waals surface area contributed by atoms with Crippen LogP contribution in [0.3, 0.4) is 0 Å². The van der Waals surface area contributed by atoms with Crippen LogP contribution in [0.25, 0.3) is 0 Å². The second kappa shape index (κ2) is 10.9. The molecule has 2 N–H and O–H groups in total. The number of ether oxygens (including phenoxy) is 3. The van der Waals surface area contributed by atoms with Gasteiger partial charge in [0.2, 0.25) is 11.6 Å². The maximum Gasteiger partial charge on any atom is 0.409 e. The van der Waals surface area contributed by atoms with Gasteiger partial charge >= 0.3 is 6.09 Å². The summed E-state index contributed by atoms with van der Waals surface area (Å²) in [5.74, 6) is 6.11. The normalized spacial score (nSPS) is 12.1. The van der Waals surface area contributed by atoms with E-state index in [-0.39, 0.29) is 5.28 Å². The Morgan fingerprint density at radius 2 is 1.93 bits per heavy atom. The van der Waals surface area contributed by atoms with Crippen molar-refractivity contribution in [3.63, 3.8) is 0 Å². The third kappa shape index (κ3) is 9.43. The molecule has 0 aliphatic carbocycles. The van der Waals surface area contributed by atoms with Crippen molar-refractivity contribution in [3.8, 4) is 11.8 Å². The van der Waals surface area contributed by atoms with Crippen molar-refractivity contribution >= 4 is 23.5 Å². The third-order valence-corrected chi connectivity index (χ3v) is 3.00. The van der Waals surface area contributed by atoms with E-state index in [9.17, 15) is 4.79 Å². The molecule has 0 aliphatic heterocycles. The fourth-order valence-electron chi connectivity index (χ4n) is 1.85. The predicted molar refractivity (Wildman–Crippen MR) is 103 cm³/mol. The van der Waals surface area contributed by atoms with Gasteiger partial charge in [0.1, 0.15) is 5.82 Å². The molecule has 0 bridgehead atoms. The molecular formula is C18H27ClN4O4. The van der Waals surface area contributed by atoms with Gasteiger partial charge in [-0.3, -0.25) is 0 Å². The van der Waals surface area contributed by atoms with Gasteiger partial charge in [-0.1, -0.05) is 5.92 Å². The fourth-order valence-corrected chi connectivity index (χ4v) is 1.98. The lowest BCUT2D eigenvalue weighted by atomic mass is 10.1. The van der Waals surface area contributed by atoms with Crippen LogP contribution in [-0.4, -0.2) is 47.3 Å². The van der Waals surface area contributed by atoms with Gasteiger partial charge in [-0.25, -0.2) is 9.78 Å². The number of amides is 1. The number of halogens is 1. The highest BCUT2D eigenvalue weighted by Crippen LogP contribution is 2.15. The highest BCUT2D eigenvalue weighted by molar-refractivity contribution is 6.28. The quantitative estimate of drug-likeness (QED) is 0.413. The second-order valence-corrected chi connectivity index (χ2v) is 6.82. The van der Waals surface area contributed by atoms with Gasteiger partial charge in [0.25, 0.3) is 0 Å². The zero-order valence-electron chi connectivity index (χ0n) is 16.6. The van der Waals surface area contributed by atoms with E-state index in [2.05, 4.69) is 32.4 Å². The lowest BCUT2D eigenvalue weighted by Gasteiger charge is -2.22. The first-order chi connectivity index (χ1) is 12.6. The van der Waals surface area contributed by atoms with E-state index >= 15 is 0 Å². The molecule has 1 unspecified atom stereocenters. The smallest absolute Gasteiger partial charge is 0.409 e. The molecule has 0 saturated carbocycles. The van der Waals surface area contributed by atoms with Crippen LogP contribution >= 0.6 is 11.6 Å². The molecule has 1 rings (SSSR count). The van der Waals surface area contributed by atoms with Crippen LogP contribution in [-0.2, 0) is 14.2 Å². The SMILES string of the molecule is CCOC(C#Cc1cnc(Cl)nc1NC(C)OC(=O)NC(C)(C)C)OCC. The number of carbonyl (C=O) groups is 1. The first-order valence-corrected chi connectivity index (χ1v) is 9.05. The Bertz CT molecular complexity index is 676. The van der Waals surface area contributed by atoms with E-state index < -0.39 is 24.2 Å². The Balaban J connectivity index is 2.89. The minimum absolute atomic E-state index is 0.0422. The van der Waals surface area contributed by atoms with Crippen LogP contribution in [0.5, 0.6) is 0 Å². The number of nitrogens with zero attached hydrogens (tertiary/aromatic N) is 2. The molecule has 0 aliphatic rings. The topological polar surface area (TPSA) is 94.6 Å². The number of rotatable bonds is 7. The van der Waals surface area contributed by atoms with Gasteiger partial charge in [0.15, 0.2) is 6.23 Å². The predicted octanol–water partition coefficient (Wildman–Crippen LogP) is 3.16. The number of hydrogen-bond acceptors (Lipinski definition) is 7. The molecule has 0 aromatic carbocycles. The summed E-state index contributed by atoms with van der Waals surface area (Å²) in [4.78, 5) is 19.9. The number of alkyl carbamates (subject to hydrolysis) is 1. The maximum absolute atomic E-state index is 11.9. The van der Waals surface area contributed by atoms with Gasteiger partial charge in [-0.2, -0.15) is 4.98 Å². The van der Waals surface area contributed by atoms with E-state index in [1.54, 1.807) is 6.92 Å². The molecule has 1 heterocycles. The monoisotopic (exact) mass is 398 g/mol. The summed E-state index contributed by atoms with van der Waals surface area (Å²) in [5.41, 5.74) is 0.0645. The lowest BCUT2D eigenvalue weighted by Crippen LogP contribution is -2.43. The largest absolute Gasteiger partial charge is 0.426 e. The van der Waals surface area contributed by atoms with Crippen molar-refractivity contribution in [3.05, 3.63) is 17.0 Å². The van der Waals surface area contributed by atoms with Crippen molar-refractivity contribution < 1.29 is 19.0 Å². The first kappa shape index (κ1) is 23.0. The number of carbonyl (C=O) groups excluding carboxylic acids is 1. The number of aromatic nitrogens is 2. The molecule has 0 radical (unpaired) electrons. The molecule has 27 heavy (non-hydrogen) atoms. The van der Waals surface area contributed by atoms with Crippen LogP contribution in [0.1, 0.15) is 47.1 Å². The average molecular weight is 399 g/mol. The summed E-state index contributed by atoms with van der Waals surface area (Å²) < 4.78 is 16.0. The van der Waals surface area contributed by atoms with Crippen molar-refractivity contribution in [1.82, 2.24) is 15.3 Å². The zero-order valence-corrected chi connectivity index (χ0v) is 17.3. The van der Waals surface area contributed by atoms with Crippen molar-refractivity contribution in [2.75, 3.05) is 18.5 Å². The molecular weight excluding hydrogens is 372 g/mol. The molecule has 0 saturated heterocycles. The fraction of sp³-hybridized carbons (Fsp3) is 0.611. The Morgan fingerprint density at radius 1 is 1.30 bits per heavy atom. The molecule has 1 amide bonds. The number of anilines is 1. The molecule has 0 fully saturated rings. The Hall–Kier alpha value is -2.08. The molecule has 150 valence electrons. The van der Waals surface area contributed by atoms with E-state index in [4.69, 9.17) is 25.8 Å². The van der Waals surface area contributed by atoms with Gasteiger partial charge in [-0.15, -0.1) is 0 Å². The van der Waals surface area contributed by atoms with Gasteiger partial charge in [-0.05, 0) is 59.1 Å².